The number of para-hydroxylation sites is 3. The first-order valence-corrected chi connectivity index (χ1v) is 14.2. The van der Waals surface area contributed by atoms with Crippen LogP contribution in [0.25, 0.3) is 10.9 Å². The fraction of sp³-hybridized carbons (Fsp3) is 0.294. The smallest absolute Gasteiger partial charge is 0.239 e. The monoisotopic (exact) mass is 548 g/mol. The first kappa shape index (κ1) is 26.7. The number of carbonyl (C=O) groups excluding carboxylic acids is 2. The summed E-state index contributed by atoms with van der Waals surface area (Å²) in [5.74, 6) is 0.719. The molecular formula is C34H36N4O3. The number of hydrogen-bond acceptors (Lipinski definition) is 5. The summed E-state index contributed by atoms with van der Waals surface area (Å²) in [6.07, 6.45) is 3.93. The fourth-order valence-electron chi connectivity index (χ4n) is 6.27. The molecule has 2 aliphatic rings. The third-order valence-electron chi connectivity index (χ3n) is 8.12. The van der Waals surface area contributed by atoms with Crippen molar-refractivity contribution >= 4 is 34.0 Å². The normalized spacial score (nSPS) is 17.9. The predicted octanol–water partition coefficient (Wildman–Crippen LogP) is 6.15. The summed E-state index contributed by atoms with van der Waals surface area (Å²) in [7, 11) is 1.64. The molecular weight excluding hydrogens is 512 g/mol. The molecule has 1 aliphatic carbocycles. The number of carbonyl (C=O) groups is 2. The second kappa shape index (κ2) is 10.8. The third-order valence-corrected chi connectivity index (χ3v) is 8.12. The summed E-state index contributed by atoms with van der Waals surface area (Å²) >= 11 is 0. The maximum atomic E-state index is 13.9. The highest BCUT2D eigenvalue weighted by atomic mass is 16.5. The Labute approximate surface area is 240 Å². The number of aromatic nitrogens is 1. The molecule has 1 amide bonds. The van der Waals surface area contributed by atoms with Crippen LogP contribution < -0.4 is 20.3 Å². The van der Waals surface area contributed by atoms with E-state index in [-0.39, 0.29) is 23.7 Å². The lowest BCUT2D eigenvalue weighted by atomic mass is 9.73. The molecule has 7 nitrogen and oxygen atoms in total. The number of ketones is 1. The minimum atomic E-state index is -0.445. The zero-order valence-electron chi connectivity index (χ0n) is 23.8. The lowest BCUT2D eigenvalue weighted by Gasteiger charge is -2.38. The minimum Gasteiger partial charge on any atom is -0.497 e. The zero-order chi connectivity index (χ0) is 28.6. The zero-order valence-corrected chi connectivity index (χ0v) is 23.8. The van der Waals surface area contributed by atoms with E-state index in [2.05, 4.69) is 46.5 Å². The molecule has 0 spiro atoms. The van der Waals surface area contributed by atoms with Crippen LogP contribution in [-0.4, -0.2) is 36.9 Å². The van der Waals surface area contributed by atoms with Gasteiger partial charge >= 0.3 is 0 Å². The maximum Gasteiger partial charge on any atom is 0.239 e. The van der Waals surface area contributed by atoms with Gasteiger partial charge in [-0.15, -0.1) is 0 Å². The average molecular weight is 549 g/mol. The Balaban J connectivity index is 1.34. The van der Waals surface area contributed by atoms with Crippen molar-refractivity contribution in [2.24, 2.45) is 5.41 Å². The average Bonchev–Trinajstić information content (AvgIpc) is 3.31. The topological polar surface area (TPSA) is 86.5 Å². The number of ether oxygens (including phenoxy) is 1. The molecule has 0 saturated heterocycles. The molecule has 3 N–H and O–H groups in total. The predicted molar refractivity (Wildman–Crippen MR) is 163 cm³/mol. The van der Waals surface area contributed by atoms with Crippen LogP contribution in [0.1, 0.15) is 43.9 Å². The Morgan fingerprint density at radius 2 is 1.85 bits per heavy atom. The van der Waals surface area contributed by atoms with Gasteiger partial charge in [0.15, 0.2) is 5.78 Å². The molecule has 0 bridgehead atoms. The Bertz CT molecular complexity index is 1650. The van der Waals surface area contributed by atoms with E-state index in [0.717, 1.165) is 46.6 Å². The second-order valence-corrected chi connectivity index (χ2v) is 11.7. The molecule has 6 rings (SSSR count). The van der Waals surface area contributed by atoms with Crippen molar-refractivity contribution in [1.29, 1.82) is 0 Å². The van der Waals surface area contributed by atoms with Crippen molar-refractivity contribution in [2.45, 2.75) is 39.2 Å². The summed E-state index contributed by atoms with van der Waals surface area (Å²) in [6, 6.07) is 23.5. The van der Waals surface area contributed by atoms with Crippen molar-refractivity contribution in [3.8, 4) is 5.75 Å². The van der Waals surface area contributed by atoms with Crippen LogP contribution in [0.5, 0.6) is 5.75 Å². The second-order valence-electron chi connectivity index (χ2n) is 11.7. The number of nitrogens with one attached hydrogen (secondary N) is 3. The Kier molecular flexibility index (Phi) is 7.03. The van der Waals surface area contributed by atoms with E-state index in [1.165, 1.54) is 10.9 Å². The molecule has 210 valence electrons. The summed E-state index contributed by atoms with van der Waals surface area (Å²) in [5, 5.41) is 7.91. The lowest BCUT2D eigenvalue weighted by molar-refractivity contribution is -0.120. The number of H-pyrrole nitrogens is 1. The lowest BCUT2D eigenvalue weighted by Crippen LogP contribution is -2.42. The molecule has 3 aromatic carbocycles. The highest BCUT2D eigenvalue weighted by molar-refractivity contribution is 6.02. The summed E-state index contributed by atoms with van der Waals surface area (Å²) < 4.78 is 5.56. The number of nitrogens with zero attached hydrogens (tertiary/aromatic N) is 1. The standard InChI is InChI=1S/C34H36N4O3/c1-34(2)18-28-32(30(39)19-34)33(22-9-8-10-24(17-22)41-3)38(29-14-7-6-13-27(29)37-28)21-31(40)35-16-15-23-20-36-26-12-5-4-11-25(23)26/h4-14,17,20,33,36-37H,15-16,18-19,21H2,1-3H3,(H,35,40). The molecule has 1 aromatic heterocycles. The first-order valence-electron chi connectivity index (χ1n) is 14.2. The molecule has 1 atom stereocenters. The van der Waals surface area contributed by atoms with E-state index in [9.17, 15) is 9.59 Å². The van der Waals surface area contributed by atoms with E-state index in [4.69, 9.17) is 4.74 Å². The number of aromatic amines is 1. The van der Waals surface area contributed by atoms with Crippen molar-refractivity contribution in [3.63, 3.8) is 0 Å². The molecule has 7 heteroatoms. The Morgan fingerprint density at radius 3 is 2.71 bits per heavy atom. The van der Waals surface area contributed by atoms with E-state index < -0.39 is 6.04 Å². The number of anilines is 2. The van der Waals surface area contributed by atoms with Crippen LogP contribution in [-0.2, 0) is 16.0 Å². The van der Waals surface area contributed by atoms with E-state index in [1.807, 2.05) is 66.9 Å². The molecule has 41 heavy (non-hydrogen) atoms. The summed E-state index contributed by atoms with van der Waals surface area (Å²) in [4.78, 5) is 32.8. The van der Waals surface area contributed by atoms with Gasteiger partial charge in [0.25, 0.3) is 0 Å². The largest absolute Gasteiger partial charge is 0.497 e. The van der Waals surface area contributed by atoms with Crippen LogP contribution in [0, 0.1) is 5.41 Å². The number of rotatable bonds is 7. The SMILES string of the molecule is COc1cccc(C2C3=C(CC(C)(C)CC3=O)Nc3ccccc3N2CC(=O)NCCc2c[nH]c3ccccc23)c1. The van der Waals surface area contributed by atoms with Gasteiger partial charge in [-0.1, -0.05) is 56.3 Å². The van der Waals surface area contributed by atoms with Crippen LogP contribution in [0.4, 0.5) is 11.4 Å². The Hall–Kier alpha value is -4.52. The van der Waals surface area contributed by atoms with Crippen LogP contribution >= 0.6 is 0 Å². The molecule has 0 fully saturated rings. The highest BCUT2D eigenvalue weighted by Crippen LogP contribution is 2.48. The van der Waals surface area contributed by atoms with Crippen molar-refractivity contribution in [2.75, 3.05) is 30.4 Å². The number of amides is 1. The van der Waals surface area contributed by atoms with Gasteiger partial charge < -0.3 is 25.3 Å². The van der Waals surface area contributed by atoms with Gasteiger partial charge in [-0.2, -0.15) is 0 Å². The third kappa shape index (κ3) is 5.32. The number of Topliss-reactive ketones (excluding diaryl/α,β-unsaturated/α-hetero) is 1. The molecule has 2 heterocycles. The van der Waals surface area contributed by atoms with Gasteiger partial charge in [-0.05, 0) is 59.7 Å². The molecule has 4 aromatic rings. The number of benzene rings is 3. The summed E-state index contributed by atoms with van der Waals surface area (Å²) in [5.41, 5.74) is 6.43. The van der Waals surface area contributed by atoms with Gasteiger partial charge in [0.2, 0.25) is 5.91 Å². The van der Waals surface area contributed by atoms with E-state index >= 15 is 0 Å². The molecule has 0 radical (unpaired) electrons. The molecule has 1 aliphatic heterocycles. The van der Waals surface area contributed by atoms with Gasteiger partial charge in [-0.25, -0.2) is 0 Å². The maximum absolute atomic E-state index is 13.9. The van der Waals surface area contributed by atoms with Gasteiger partial charge in [0, 0.05) is 41.3 Å². The van der Waals surface area contributed by atoms with Gasteiger partial charge in [0.1, 0.15) is 5.75 Å². The molecule has 1 unspecified atom stereocenters. The van der Waals surface area contributed by atoms with Crippen molar-refractivity contribution in [3.05, 3.63) is 101 Å². The van der Waals surface area contributed by atoms with E-state index in [1.54, 1.807) is 7.11 Å². The number of allylic oxidation sites excluding steroid dienone is 1. The number of methoxy groups -OCH3 is 1. The van der Waals surface area contributed by atoms with Crippen LogP contribution in [0.15, 0.2) is 90.3 Å². The van der Waals surface area contributed by atoms with Crippen LogP contribution in [0.3, 0.4) is 0 Å². The van der Waals surface area contributed by atoms with Crippen molar-refractivity contribution < 1.29 is 14.3 Å². The van der Waals surface area contributed by atoms with Gasteiger partial charge in [-0.3, -0.25) is 9.59 Å². The minimum absolute atomic E-state index is 0.0971. The molecule has 0 saturated carbocycles. The highest BCUT2D eigenvalue weighted by Gasteiger charge is 2.42. The Morgan fingerprint density at radius 1 is 1.05 bits per heavy atom. The van der Waals surface area contributed by atoms with Gasteiger partial charge in [0.05, 0.1) is 31.1 Å². The van der Waals surface area contributed by atoms with Crippen LogP contribution in [0.2, 0.25) is 0 Å². The summed E-state index contributed by atoms with van der Waals surface area (Å²) in [6.45, 7) is 4.88. The van der Waals surface area contributed by atoms with Crippen molar-refractivity contribution in [1.82, 2.24) is 10.3 Å². The van der Waals surface area contributed by atoms with E-state index in [0.29, 0.717) is 18.7 Å². The number of hydrogen-bond donors (Lipinski definition) is 3. The first-order chi connectivity index (χ1) is 19.8. The quantitative estimate of drug-likeness (QED) is 0.258. The number of fused-ring (bicyclic) bond motifs is 2. The fourth-order valence-corrected chi connectivity index (χ4v) is 6.27.